The largest absolute Gasteiger partial charge is 0.496 e. The van der Waals surface area contributed by atoms with Crippen LogP contribution in [0.15, 0.2) is 18.2 Å². The fraction of sp³-hybridized carbons (Fsp3) is 0.385. The van der Waals surface area contributed by atoms with Crippen LogP contribution in [-0.4, -0.2) is 17.8 Å². The van der Waals surface area contributed by atoms with Crippen LogP contribution in [0.3, 0.4) is 0 Å². The van der Waals surface area contributed by atoms with Gasteiger partial charge in [0.05, 0.1) is 29.7 Å². The minimum absolute atomic E-state index is 0.121. The number of nitriles is 1. The third-order valence-electron chi connectivity index (χ3n) is 2.71. The average molecular weight is 262 g/mol. The van der Waals surface area contributed by atoms with Gasteiger partial charge in [0.1, 0.15) is 11.7 Å². The predicted molar refractivity (Wildman–Crippen MR) is 68.0 cm³/mol. The fourth-order valence-electron chi connectivity index (χ4n) is 1.73. The average Bonchev–Trinajstić information content (AvgIpc) is 2.43. The van der Waals surface area contributed by atoms with Gasteiger partial charge in [0.2, 0.25) is 0 Å². The lowest BCUT2D eigenvalue weighted by Gasteiger charge is -2.10. The smallest absolute Gasteiger partial charge is 0.273 e. The first-order chi connectivity index (χ1) is 9.04. The Morgan fingerprint density at radius 2 is 2.26 bits per heavy atom. The summed E-state index contributed by atoms with van der Waals surface area (Å²) < 4.78 is 5.00. The molecular formula is C13H14N2O4. The van der Waals surface area contributed by atoms with E-state index < -0.39 is 10.8 Å². The Morgan fingerprint density at radius 3 is 2.74 bits per heavy atom. The van der Waals surface area contributed by atoms with Crippen molar-refractivity contribution in [2.24, 2.45) is 5.92 Å². The highest BCUT2D eigenvalue weighted by Crippen LogP contribution is 2.27. The molecule has 1 unspecified atom stereocenters. The van der Waals surface area contributed by atoms with Crippen molar-refractivity contribution in [3.63, 3.8) is 0 Å². The third kappa shape index (κ3) is 3.28. The van der Waals surface area contributed by atoms with Gasteiger partial charge in [-0.25, -0.2) is 0 Å². The number of benzene rings is 1. The summed E-state index contributed by atoms with van der Waals surface area (Å²) in [4.78, 5) is 22.2. The van der Waals surface area contributed by atoms with E-state index in [0.29, 0.717) is 12.8 Å². The standard InChI is InChI=1S/C13H14N2O4/c1-3-4-9(8-14)13(16)11-6-5-10(15(17)18)7-12(11)19-2/h5-7,9H,3-4H2,1-2H3. The zero-order valence-electron chi connectivity index (χ0n) is 10.8. The highest BCUT2D eigenvalue weighted by molar-refractivity contribution is 6.01. The lowest BCUT2D eigenvalue weighted by atomic mass is 9.94. The van der Waals surface area contributed by atoms with Crippen molar-refractivity contribution in [3.8, 4) is 11.8 Å². The summed E-state index contributed by atoms with van der Waals surface area (Å²) in [5.74, 6) is -0.994. The Labute approximate surface area is 110 Å². The summed E-state index contributed by atoms with van der Waals surface area (Å²) >= 11 is 0. The van der Waals surface area contributed by atoms with Crippen LogP contribution in [0, 0.1) is 27.4 Å². The monoisotopic (exact) mass is 262 g/mol. The number of carbonyl (C=O) groups excluding carboxylic acids is 1. The first kappa shape index (κ1) is 14.6. The molecule has 1 rings (SSSR count). The third-order valence-corrected chi connectivity index (χ3v) is 2.71. The molecule has 100 valence electrons. The van der Waals surface area contributed by atoms with Crippen LogP contribution in [0.2, 0.25) is 0 Å². The second kappa shape index (κ2) is 6.50. The van der Waals surface area contributed by atoms with Crippen LogP contribution >= 0.6 is 0 Å². The number of ketones is 1. The van der Waals surface area contributed by atoms with Gasteiger partial charge < -0.3 is 4.74 Å². The molecular weight excluding hydrogens is 248 g/mol. The SMILES string of the molecule is CCCC(C#N)C(=O)c1ccc([N+](=O)[O-])cc1OC. The van der Waals surface area contributed by atoms with Crippen molar-refractivity contribution in [3.05, 3.63) is 33.9 Å². The summed E-state index contributed by atoms with van der Waals surface area (Å²) in [6.07, 6.45) is 1.16. The van der Waals surface area contributed by atoms with Crippen LogP contribution < -0.4 is 4.74 Å². The van der Waals surface area contributed by atoms with Crippen LogP contribution in [-0.2, 0) is 0 Å². The minimum atomic E-state index is -0.750. The van der Waals surface area contributed by atoms with Gasteiger partial charge in [-0.1, -0.05) is 13.3 Å². The highest BCUT2D eigenvalue weighted by atomic mass is 16.6. The molecule has 1 aromatic carbocycles. The molecule has 0 aromatic heterocycles. The zero-order chi connectivity index (χ0) is 14.4. The maximum atomic E-state index is 12.2. The van der Waals surface area contributed by atoms with E-state index in [2.05, 4.69) is 0 Å². The van der Waals surface area contributed by atoms with E-state index in [-0.39, 0.29) is 22.8 Å². The van der Waals surface area contributed by atoms with E-state index in [0.717, 1.165) is 0 Å². The van der Waals surface area contributed by atoms with Crippen molar-refractivity contribution in [2.75, 3.05) is 7.11 Å². The van der Waals surface area contributed by atoms with Gasteiger partial charge in [-0.05, 0) is 12.5 Å². The molecule has 0 aliphatic heterocycles. The van der Waals surface area contributed by atoms with E-state index in [9.17, 15) is 14.9 Å². The number of non-ortho nitro benzene ring substituents is 1. The first-order valence-corrected chi connectivity index (χ1v) is 5.81. The number of ether oxygens (including phenoxy) is 1. The van der Waals surface area contributed by atoms with E-state index in [4.69, 9.17) is 10.00 Å². The van der Waals surface area contributed by atoms with Gasteiger partial charge in [-0.2, -0.15) is 5.26 Å². The summed E-state index contributed by atoms with van der Waals surface area (Å²) in [5.41, 5.74) is 0.0468. The van der Waals surface area contributed by atoms with Crippen LogP contribution in [0.25, 0.3) is 0 Å². The van der Waals surface area contributed by atoms with Crippen LogP contribution in [0.5, 0.6) is 5.75 Å². The number of nitro benzene ring substituents is 1. The lowest BCUT2D eigenvalue weighted by molar-refractivity contribution is -0.384. The van der Waals surface area contributed by atoms with E-state index in [1.54, 1.807) is 0 Å². The van der Waals surface area contributed by atoms with E-state index >= 15 is 0 Å². The molecule has 0 N–H and O–H groups in total. The van der Waals surface area contributed by atoms with Gasteiger partial charge in [0, 0.05) is 6.07 Å². The quantitative estimate of drug-likeness (QED) is 0.446. The number of Topliss-reactive ketones (excluding diaryl/α,β-unsaturated/α-hetero) is 1. The molecule has 0 fully saturated rings. The molecule has 0 spiro atoms. The molecule has 1 atom stereocenters. The van der Waals surface area contributed by atoms with Gasteiger partial charge in [-0.15, -0.1) is 0 Å². The van der Waals surface area contributed by atoms with Crippen LogP contribution in [0.1, 0.15) is 30.1 Å². The second-order valence-electron chi connectivity index (χ2n) is 3.98. The predicted octanol–water partition coefficient (Wildman–Crippen LogP) is 2.73. The number of rotatable bonds is 6. The summed E-state index contributed by atoms with van der Waals surface area (Å²) in [6, 6.07) is 5.70. The molecule has 0 heterocycles. The molecule has 6 nitrogen and oxygen atoms in total. The Balaban J connectivity index is 3.16. The van der Waals surface area contributed by atoms with Crippen molar-refractivity contribution in [1.82, 2.24) is 0 Å². The van der Waals surface area contributed by atoms with Gasteiger partial charge >= 0.3 is 0 Å². The van der Waals surface area contributed by atoms with Gasteiger partial charge in [0.15, 0.2) is 5.78 Å². The Morgan fingerprint density at radius 1 is 1.58 bits per heavy atom. The molecule has 0 aliphatic carbocycles. The number of hydrogen-bond acceptors (Lipinski definition) is 5. The fourth-order valence-corrected chi connectivity index (χ4v) is 1.73. The molecule has 0 amide bonds. The van der Waals surface area contributed by atoms with Crippen molar-refractivity contribution in [1.29, 1.82) is 5.26 Å². The summed E-state index contributed by atoms with van der Waals surface area (Å²) in [7, 11) is 1.33. The molecule has 6 heteroatoms. The molecule has 0 bridgehead atoms. The highest BCUT2D eigenvalue weighted by Gasteiger charge is 2.23. The van der Waals surface area contributed by atoms with Crippen LogP contribution in [0.4, 0.5) is 5.69 Å². The minimum Gasteiger partial charge on any atom is -0.496 e. The summed E-state index contributed by atoms with van der Waals surface area (Å²) in [5, 5.41) is 19.6. The molecule has 0 saturated heterocycles. The van der Waals surface area contributed by atoms with Crippen molar-refractivity contribution in [2.45, 2.75) is 19.8 Å². The van der Waals surface area contributed by atoms with E-state index in [1.165, 1.54) is 25.3 Å². The molecule has 0 aliphatic rings. The van der Waals surface area contributed by atoms with Gasteiger partial charge in [0.25, 0.3) is 5.69 Å². The number of hydrogen-bond donors (Lipinski definition) is 0. The maximum absolute atomic E-state index is 12.2. The summed E-state index contributed by atoms with van der Waals surface area (Å²) in [6.45, 7) is 1.88. The van der Waals surface area contributed by atoms with Crippen molar-refractivity contribution >= 4 is 11.5 Å². The number of nitro groups is 1. The maximum Gasteiger partial charge on any atom is 0.273 e. The van der Waals surface area contributed by atoms with E-state index in [1.807, 2.05) is 13.0 Å². The first-order valence-electron chi connectivity index (χ1n) is 5.81. The second-order valence-corrected chi connectivity index (χ2v) is 3.98. The number of methoxy groups -OCH3 is 1. The molecule has 0 radical (unpaired) electrons. The van der Waals surface area contributed by atoms with Gasteiger partial charge in [-0.3, -0.25) is 14.9 Å². The zero-order valence-corrected chi connectivity index (χ0v) is 10.8. The molecule has 0 saturated carbocycles. The number of carbonyl (C=O) groups is 1. The number of nitrogens with zero attached hydrogens (tertiary/aromatic N) is 2. The molecule has 1 aromatic rings. The topological polar surface area (TPSA) is 93.2 Å². The Bertz CT molecular complexity index is 534. The van der Waals surface area contributed by atoms with Crippen molar-refractivity contribution < 1.29 is 14.5 Å². The Hall–Kier alpha value is -2.42. The normalized spacial score (nSPS) is 11.4. The Kier molecular flexibility index (Phi) is 5.01. The molecule has 19 heavy (non-hydrogen) atoms. The lowest BCUT2D eigenvalue weighted by Crippen LogP contribution is -2.14.